The standard InChI is InChI=1S/C23H32F3N5O2/c1-29-12-10-28-21(29)22(33,23(24,25)26)17-20(32)27-9-5-6-11-30-13-15-31(16-14-30)18-19-7-3-2-4-8-19/h2-4,7-8,10,12,33H,5-6,9,11,13-18H2,1H3,(H,27,32). The first-order chi connectivity index (χ1) is 15.7. The number of hydrogen-bond donors (Lipinski definition) is 2. The third kappa shape index (κ3) is 6.78. The van der Waals surface area contributed by atoms with E-state index in [4.69, 9.17) is 0 Å². The van der Waals surface area contributed by atoms with Gasteiger partial charge in [-0.1, -0.05) is 30.3 Å². The number of nitrogens with zero attached hydrogens (tertiary/aromatic N) is 4. The second kappa shape index (κ2) is 11.1. The minimum atomic E-state index is -5.02. The highest BCUT2D eigenvalue weighted by atomic mass is 19.4. The number of hydrogen-bond acceptors (Lipinski definition) is 5. The summed E-state index contributed by atoms with van der Waals surface area (Å²) in [7, 11) is 1.35. The summed E-state index contributed by atoms with van der Waals surface area (Å²) in [5, 5.41) is 12.8. The Morgan fingerprint density at radius 1 is 1.09 bits per heavy atom. The second-order valence-corrected chi connectivity index (χ2v) is 8.56. The van der Waals surface area contributed by atoms with Crippen molar-refractivity contribution in [1.82, 2.24) is 24.7 Å². The number of carbonyl (C=O) groups is 1. The smallest absolute Gasteiger partial charge is 0.374 e. The highest BCUT2D eigenvalue weighted by Gasteiger charge is 2.58. The van der Waals surface area contributed by atoms with Gasteiger partial charge < -0.3 is 19.9 Å². The number of aryl methyl sites for hydroxylation is 1. The molecule has 2 aromatic rings. The lowest BCUT2D eigenvalue weighted by atomic mass is 9.97. The van der Waals surface area contributed by atoms with Gasteiger partial charge in [0.25, 0.3) is 0 Å². The lowest BCUT2D eigenvalue weighted by Gasteiger charge is -2.34. The molecule has 33 heavy (non-hydrogen) atoms. The molecule has 1 fully saturated rings. The van der Waals surface area contributed by atoms with Crippen LogP contribution in [0.4, 0.5) is 13.2 Å². The Bertz CT molecular complexity index is 882. The first-order valence-corrected chi connectivity index (χ1v) is 11.2. The molecular weight excluding hydrogens is 435 g/mol. The summed E-state index contributed by atoms with van der Waals surface area (Å²) in [5.74, 6) is -1.45. The van der Waals surface area contributed by atoms with E-state index in [0.717, 1.165) is 56.5 Å². The van der Waals surface area contributed by atoms with E-state index >= 15 is 0 Å². The van der Waals surface area contributed by atoms with Crippen molar-refractivity contribution in [1.29, 1.82) is 0 Å². The Balaban J connectivity index is 1.34. The quantitative estimate of drug-likeness (QED) is 0.525. The van der Waals surface area contributed by atoms with Gasteiger partial charge in [0, 0.05) is 58.7 Å². The molecule has 1 amide bonds. The number of aromatic nitrogens is 2. The monoisotopic (exact) mass is 467 g/mol. The van der Waals surface area contributed by atoms with Crippen molar-refractivity contribution in [2.45, 2.75) is 37.6 Å². The number of nitrogens with one attached hydrogen (secondary N) is 1. The van der Waals surface area contributed by atoms with Crippen molar-refractivity contribution >= 4 is 5.91 Å². The fourth-order valence-corrected chi connectivity index (χ4v) is 4.07. The van der Waals surface area contributed by atoms with Gasteiger partial charge >= 0.3 is 6.18 Å². The molecule has 1 unspecified atom stereocenters. The van der Waals surface area contributed by atoms with Gasteiger partial charge in [0.15, 0.2) is 5.82 Å². The Kier molecular flexibility index (Phi) is 8.50. The first-order valence-electron chi connectivity index (χ1n) is 11.2. The van der Waals surface area contributed by atoms with Crippen LogP contribution in [0, 0.1) is 0 Å². The zero-order valence-electron chi connectivity index (χ0n) is 18.9. The molecular formula is C23H32F3N5O2. The van der Waals surface area contributed by atoms with Gasteiger partial charge in [0.1, 0.15) is 0 Å². The Labute approximate surface area is 192 Å². The predicted molar refractivity (Wildman–Crippen MR) is 118 cm³/mol. The van der Waals surface area contributed by atoms with Crippen molar-refractivity contribution in [2.75, 3.05) is 39.3 Å². The van der Waals surface area contributed by atoms with Crippen LogP contribution in [0.25, 0.3) is 0 Å². The van der Waals surface area contributed by atoms with E-state index in [2.05, 4.69) is 32.2 Å². The van der Waals surface area contributed by atoms with Crippen molar-refractivity contribution < 1.29 is 23.1 Å². The number of unbranched alkanes of at least 4 members (excludes halogenated alkanes) is 1. The van der Waals surface area contributed by atoms with Crippen molar-refractivity contribution in [2.24, 2.45) is 7.05 Å². The van der Waals surface area contributed by atoms with Gasteiger partial charge in [0.2, 0.25) is 11.5 Å². The van der Waals surface area contributed by atoms with E-state index in [0.29, 0.717) is 6.42 Å². The molecule has 1 saturated heterocycles. The number of amides is 1. The summed E-state index contributed by atoms with van der Waals surface area (Å²) in [6.45, 7) is 6.03. The fraction of sp³-hybridized carbons (Fsp3) is 0.565. The normalized spacial score (nSPS) is 17.6. The minimum absolute atomic E-state index is 0.265. The van der Waals surface area contributed by atoms with Crippen LogP contribution in [0.2, 0.25) is 0 Å². The van der Waals surface area contributed by atoms with Crippen LogP contribution in [0.5, 0.6) is 0 Å². The molecule has 1 aromatic heterocycles. The van der Waals surface area contributed by atoms with E-state index in [1.165, 1.54) is 18.8 Å². The summed E-state index contributed by atoms with van der Waals surface area (Å²) >= 11 is 0. The number of benzene rings is 1. The summed E-state index contributed by atoms with van der Waals surface area (Å²) in [6.07, 6.45) is -2.20. The fourth-order valence-electron chi connectivity index (χ4n) is 4.07. The number of rotatable bonds is 10. The highest BCUT2D eigenvalue weighted by molar-refractivity contribution is 5.77. The molecule has 7 nitrogen and oxygen atoms in total. The van der Waals surface area contributed by atoms with Crippen LogP contribution in [-0.2, 0) is 24.0 Å². The van der Waals surface area contributed by atoms with Gasteiger partial charge in [-0.3, -0.25) is 9.69 Å². The largest absolute Gasteiger partial charge is 0.425 e. The summed E-state index contributed by atoms with van der Waals surface area (Å²) in [6, 6.07) is 10.4. The number of alkyl halides is 3. The molecule has 2 N–H and O–H groups in total. The van der Waals surface area contributed by atoms with Crippen LogP contribution in [-0.4, -0.2) is 75.8 Å². The first kappa shape index (κ1) is 25.2. The molecule has 1 aliphatic heterocycles. The molecule has 2 heterocycles. The number of halogens is 3. The summed E-state index contributed by atoms with van der Waals surface area (Å²) in [5.41, 5.74) is -2.02. The Morgan fingerprint density at radius 3 is 2.36 bits per heavy atom. The van der Waals surface area contributed by atoms with Crippen LogP contribution in [0.15, 0.2) is 42.7 Å². The highest BCUT2D eigenvalue weighted by Crippen LogP contribution is 2.40. The van der Waals surface area contributed by atoms with Crippen LogP contribution in [0.3, 0.4) is 0 Å². The molecule has 3 rings (SSSR count). The lowest BCUT2D eigenvalue weighted by molar-refractivity contribution is -0.271. The van der Waals surface area contributed by atoms with E-state index in [1.807, 2.05) is 18.2 Å². The Morgan fingerprint density at radius 2 is 1.76 bits per heavy atom. The molecule has 10 heteroatoms. The average molecular weight is 468 g/mol. The topological polar surface area (TPSA) is 73.6 Å². The minimum Gasteiger partial charge on any atom is -0.374 e. The molecule has 0 radical (unpaired) electrons. The molecule has 0 saturated carbocycles. The molecule has 0 bridgehead atoms. The molecule has 0 spiro atoms. The number of carbonyl (C=O) groups excluding carboxylic acids is 1. The van der Waals surface area contributed by atoms with Gasteiger partial charge in [-0.2, -0.15) is 13.2 Å². The van der Waals surface area contributed by atoms with Gasteiger partial charge in [0.05, 0.1) is 6.42 Å². The molecule has 1 aliphatic rings. The van der Waals surface area contributed by atoms with Crippen LogP contribution >= 0.6 is 0 Å². The van der Waals surface area contributed by atoms with Gasteiger partial charge in [-0.05, 0) is 24.9 Å². The van der Waals surface area contributed by atoms with Gasteiger partial charge in [-0.25, -0.2) is 4.98 Å². The maximum atomic E-state index is 13.5. The SMILES string of the molecule is Cn1ccnc1C(O)(CC(=O)NCCCCN1CCN(Cc2ccccc2)CC1)C(F)(F)F. The third-order valence-corrected chi connectivity index (χ3v) is 6.01. The molecule has 1 aromatic carbocycles. The van der Waals surface area contributed by atoms with E-state index in [9.17, 15) is 23.1 Å². The summed E-state index contributed by atoms with van der Waals surface area (Å²) < 4.78 is 41.6. The zero-order chi connectivity index (χ0) is 23.9. The van der Waals surface area contributed by atoms with E-state index < -0.39 is 29.9 Å². The van der Waals surface area contributed by atoms with Crippen LogP contribution in [0.1, 0.15) is 30.7 Å². The number of aliphatic hydroxyl groups is 1. The molecule has 1 atom stereocenters. The van der Waals surface area contributed by atoms with Crippen LogP contribution < -0.4 is 5.32 Å². The maximum Gasteiger partial charge on any atom is 0.425 e. The average Bonchev–Trinajstić information content (AvgIpc) is 3.21. The third-order valence-electron chi connectivity index (χ3n) is 6.01. The summed E-state index contributed by atoms with van der Waals surface area (Å²) in [4.78, 5) is 20.5. The van der Waals surface area contributed by atoms with Gasteiger partial charge in [-0.15, -0.1) is 0 Å². The second-order valence-electron chi connectivity index (χ2n) is 8.56. The molecule has 0 aliphatic carbocycles. The van der Waals surface area contributed by atoms with E-state index in [-0.39, 0.29) is 6.54 Å². The van der Waals surface area contributed by atoms with Crippen molar-refractivity contribution in [3.8, 4) is 0 Å². The lowest BCUT2D eigenvalue weighted by Crippen LogP contribution is -2.48. The van der Waals surface area contributed by atoms with Crippen molar-refractivity contribution in [3.63, 3.8) is 0 Å². The van der Waals surface area contributed by atoms with E-state index in [1.54, 1.807) is 0 Å². The Hall–Kier alpha value is -2.43. The predicted octanol–water partition coefficient (Wildman–Crippen LogP) is 2.27. The number of piperazine rings is 1. The number of imidazole rings is 1. The zero-order valence-corrected chi connectivity index (χ0v) is 18.9. The molecule has 182 valence electrons. The van der Waals surface area contributed by atoms with Crippen molar-refractivity contribution in [3.05, 3.63) is 54.1 Å². The maximum absolute atomic E-state index is 13.5.